The van der Waals surface area contributed by atoms with E-state index in [1.165, 1.54) is 14.2 Å². The molecule has 0 spiro atoms. The van der Waals surface area contributed by atoms with E-state index in [-0.39, 0.29) is 17.5 Å². The maximum atomic E-state index is 10.8. The van der Waals surface area contributed by atoms with Gasteiger partial charge in [0.25, 0.3) is 0 Å². The van der Waals surface area contributed by atoms with Crippen LogP contribution in [0.25, 0.3) is 5.76 Å². The minimum absolute atomic E-state index is 0.0593. The van der Waals surface area contributed by atoms with Gasteiger partial charge in [-0.3, -0.25) is 4.79 Å². The standard InChI is InChI=1S/C11H12O4.C8H16O2/c1-14-9(10(15-2)11(12)13)8-6-4-3-5-7-8;1-3-5-6-7-8(9)10-4-2/h3-7H,1-2H3,(H,12,13);3-7H2,1-2H3. The number of unbranched alkanes of at least 4 members (excludes halogenated alkanes) is 2. The molecule has 0 amide bonds. The molecule has 1 aromatic rings. The van der Waals surface area contributed by atoms with Crippen LogP contribution in [0.5, 0.6) is 0 Å². The van der Waals surface area contributed by atoms with Crippen LogP contribution < -0.4 is 0 Å². The number of esters is 1. The molecule has 0 atom stereocenters. The van der Waals surface area contributed by atoms with Crippen LogP contribution in [0, 0.1) is 0 Å². The van der Waals surface area contributed by atoms with Gasteiger partial charge in [0.15, 0.2) is 5.76 Å². The first kappa shape index (κ1) is 22.5. The maximum Gasteiger partial charge on any atom is 0.375 e. The summed E-state index contributed by atoms with van der Waals surface area (Å²) >= 11 is 0. The predicted octanol–water partition coefficient (Wildman–Crippen LogP) is 3.86. The lowest BCUT2D eigenvalue weighted by atomic mass is 10.1. The Bertz CT molecular complexity index is 536. The molecule has 0 aliphatic heterocycles. The molecule has 1 rings (SSSR count). The van der Waals surface area contributed by atoms with E-state index in [0.29, 0.717) is 18.6 Å². The van der Waals surface area contributed by atoms with E-state index in [9.17, 15) is 9.59 Å². The lowest BCUT2D eigenvalue weighted by Gasteiger charge is -2.09. The molecule has 0 saturated carbocycles. The summed E-state index contributed by atoms with van der Waals surface area (Å²) < 4.78 is 14.5. The Morgan fingerprint density at radius 2 is 1.64 bits per heavy atom. The van der Waals surface area contributed by atoms with E-state index in [1.807, 2.05) is 13.0 Å². The van der Waals surface area contributed by atoms with Crippen molar-refractivity contribution in [3.05, 3.63) is 41.7 Å². The van der Waals surface area contributed by atoms with Gasteiger partial charge in [0, 0.05) is 12.0 Å². The first-order valence-electron chi connectivity index (χ1n) is 8.28. The average Bonchev–Trinajstić information content (AvgIpc) is 2.61. The summed E-state index contributed by atoms with van der Waals surface area (Å²) in [5.74, 6) is -1.21. The number of ether oxygens (including phenoxy) is 3. The zero-order valence-electron chi connectivity index (χ0n) is 15.4. The number of benzene rings is 1. The molecule has 1 N–H and O–H groups in total. The van der Waals surface area contributed by atoms with Crippen molar-refractivity contribution in [2.45, 2.75) is 39.5 Å². The average molecular weight is 352 g/mol. The first-order valence-corrected chi connectivity index (χ1v) is 8.28. The quantitative estimate of drug-likeness (QED) is 0.314. The van der Waals surface area contributed by atoms with E-state index in [0.717, 1.165) is 19.3 Å². The van der Waals surface area contributed by atoms with Crippen molar-refractivity contribution in [3.63, 3.8) is 0 Å². The third-order valence-electron chi connectivity index (χ3n) is 3.13. The third-order valence-corrected chi connectivity index (χ3v) is 3.13. The topological polar surface area (TPSA) is 82.1 Å². The molecule has 0 fully saturated rings. The van der Waals surface area contributed by atoms with Gasteiger partial charge in [-0.25, -0.2) is 4.79 Å². The van der Waals surface area contributed by atoms with Crippen molar-refractivity contribution in [1.29, 1.82) is 0 Å². The van der Waals surface area contributed by atoms with E-state index in [4.69, 9.17) is 19.3 Å². The second kappa shape index (κ2) is 13.9. The molecular formula is C19H28O6. The molecule has 6 heteroatoms. The summed E-state index contributed by atoms with van der Waals surface area (Å²) in [6.07, 6.45) is 3.83. The van der Waals surface area contributed by atoms with E-state index >= 15 is 0 Å². The number of carbonyl (C=O) groups is 2. The monoisotopic (exact) mass is 352 g/mol. The molecule has 0 radical (unpaired) electrons. The van der Waals surface area contributed by atoms with Crippen molar-refractivity contribution in [2.75, 3.05) is 20.8 Å². The fourth-order valence-electron chi connectivity index (χ4n) is 1.96. The fourth-order valence-corrected chi connectivity index (χ4v) is 1.96. The van der Waals surface area contributed by atoms with Gasteiger partial charge in [-0.15, -0.1) is 0 Å². The summed E-state index contributed by atoms with van der Waals surface area (Å²) in [6, 6.07) is 8.93. The van der Waals surface area contributed by atoms with Crippen molar-refractivity contribution < 1.29 is 28.9 Å². The van der Waals surface area contributed by atoms with E-state index < -0.39 is 5.97 Å². The lowest BCUT2D eigenvalue weighted by molar-refractivity contribution is -0.143. The van der Waals surface area contributed by atoms with Crippen LogP contribution in [0.15, 0.2) is 36.1 Å². The minimum atomic E-state index is -1.15. The predicted molar refractivity (Wildman–Crippen MR) is 95.8 cm³/mol. The van der Waals surface area contributed by atoms with E-state index in [1.54, 1.807) is 24.3 Å². The van der Waals surface area contributed by atoms with Gasteiger partial charge in [-0.1, -0.05) is 50.1 Å². The molecular weight excluding hydrogens is 324 g/mol. The summed E-state index contributed by atoms with van der Waals surface area (Å²) in [6.45, 7) is 4.45. The Labute approximate surface area is 149 Å². The van der Waals surface area contributed by atoms with Gasteiger partial charge >= 0.3 is 11.9 Å². The number of methoxy groups -OCH3 is 2. The highest BCUT2D eigenvalue weighted by molar-refractivity contribution is 5.92. The third kappa shape index (κ3) is 9.39. The number of carboxylic acid groups (broad SMARTS) is 1. The van der Waals surface area contributed by atoms with Gasteiger partial charge in [-0.05, 0) is 13.3 Å². The van der Waals surface area contributed by atoms with E-state index in [2.05, 4.69) is 6.92 Å². The molecule has 6 nitrogen and oxygen atoms in total. The van der Waals surface area contributed by atoms with Crippen molar-refractivity contribution in [1.82, 2.24) is 0 Å². The Kier molecular flexibility index (Phi) is 12.5. The number of carbonyl (C=O) groups excluding carboxylic acids is 1. The molecule has 1 aromatic carbocycles. The number of hydrogen-bond acceptors (Lipinski definition) is 5. The van der Waals surface area contributed by atoms with Crippen LogP contribution >= 0.6 is 0 Å². The van der Waals surface area contributed by atoms with Crippen LogP contribution in [-0.2, 0) is 23.8 Å². The molecule has 25 heavy (non-hydrogen) atoms. The van der Waals surface area contributed by atoms with Gasteiger partial charge < -0.3 is 19.3 Å². The Morgan fingerprint density at radius 3 is 2.08 bits per heavy atom. The molecule has 0 saturated heterocycles. The Balaban J connectivity index is 0.000000504. The summed E-state index contributed by atoms with van der Waals surface area (Å²) in [7, 11) is 2.70. The second-order valence-electron chi connectivity index (χ2n) is 5.00. The summed E-state index contributed by atoms with van der Waals surface area (Å²) in [4.78, 5) is 21.5. The fraction of sp³-hybridized carbons (Fsp3) is 0.474. The highest BCUT2D eigenvalue weighted by Gasteiger charge is 2.17. The van der Waals surface area contributed by atoms with Crippen molar-refractivity contribution >= 4 is 17.7 Å². The zero-order chi connectivity index (χ0) is 19.1. The number of aliphatic carboxylic acids is 1. The van der Waals surface area contributed by atoms with Crippen LogP contribution in [0.2, 0.25) is 0 Å². The smallest absolute Gasteiger partial charge is 0.375 e. The zero-order valence-corrected chi connectivity index (χ0v) is 15.4. The van der Waals surface area contributed by atoms with Gasteiger partial charge in [0.1, 0.15) is 0 Å². The van der Waals surface area contributed by atoms with Crippen LogP contribution in [0.4, 0.5) is 0 Å². The minimum Gasteiger partial charge on any atom is -0.492 e. The van der Waals surface area contributed by atoms with Crippen LogP contribution in [0.1, 0.15) is 45.1 Å². The number of carboxylic acids is 1. The highest BCUT2D eigenvalue weighted by atomic mass is 16.5. The summed E-state index contributed by atoms with van der Waals surface area (Å²) in [5.41, 5.74) is 0.666. The Morgan fingerprint density at radius 1 is 1.00 bits per heavy atom. The SMILES string of the molecule is CCCCCC(=O)OCC.COC(C(=O)O)=C(OC)c1ccccc1. The molecule has 0 bridgehead atoms. The second-order valence-corrected chi connectivity index (χ2v) is 5.00. The van der Waals surface area contributed by atoms with Gasteiger partial charge in [-0.2, -0.15) is 0 Å². The van der Waals surface area contributed by atoms with Gasteiger partial charge in [0.2, 0.25) is 5.76 Å². The molecule has 0 aromatic heterocycles. The van der Waals surface area contributed by atoms with Gasteiger partial charge in [0.05, 0.1) is 20.8 Å². The molecule has 0 heterocycles. The molecule has 0 aliphatic rings. The van der Waals surface area contributed by atoms with Crippen molar-refractivity contribution in [2.24, 2.45) is 0 Å². The maximum absolute atomic E-state index is 10.8. The largest absolute Gasteiger partial charge is 0.492 e. The normalized spacial score (nSPS) is 10.7. The molecule has 140 valence electrons. The first-order chi connectivity index (χ1) is 12.0. The number of rotatable bonds is 9. The van der Waals surface area contributed by atoms with Crippen LogP contribution in [0.3, 0.4) is 0 Å². The molecule has 0 unspecified atom stereocenters. The highest BCUT2D eigenvalue weighted by Crippen LogP contribution is 2.19. The lowest BCUT2D eigenvalue weighted by Crippen LogP contribution is -2.07. The van der Waals surface area contributed by atoms with Crippen molar-refractivity contribution in [3.8, 4) is 0 Å². The summed E-state index contributed by atoms with van der Waals surface area (Å²) in [5, 5.41) is 8.87. The van der Waals surface area contributed by atoms with Crippen LogP contribution in [-0.4, -0.2) is 37.9 Å². The number of hydrogen-bond donors (Lipinski definition) is 1. The Hall–Kier alpha value is -2.50. The molecule has 0 aliphatic carbocycles.